The summed E-state index contributed by atoms with van der Waals surface area (Å²) < 4.78 is 32.2. The number of ether oxygens (including phenoxy) is 1. The lowest BCUT2D eigenvalue weighted by molar-refractivity contribution is 0.101. The maximum absolute atomic E-state index is 12.3. The zero-order chi connectivity index (χ0) is 16.9. The van der Waals surface area contributed by atoms with E-state index in [0.29, 0.717) is 12.2 Å². The molecule has 0 unspecified atom stereocenters. The Balaban J connectivity index is 2.09. The number of ketones is 1. The summed E-state index contributed by atoms with van der Waals surface area (Å²) in [6.07, 6.45) is 0. The van der Waals surface area contributed by atoms with Crippen molar-refractivity contribution in [3.8, 4) is 0 Å². The van der Waals surface area contributed by atoms with Crippen molar-refractivity contribution in [3.63, 3.8) is 0 Å². The lowest BCUT2D eigenvalue weighted by atomic mass is 10.1. The molecule has 0 amide bonds. The molecule has 0 heterocycles. The van der Waals surface area contributed by atoms with Crippen molar-refractivity contribution in [1.29, 1.82) is 0 Å². The van der Waals surface area contributed by atoms with Crippen LogP contribution in [0.25, 0.3) is 0 Å². The summed E-state index contributed by atoms with van der Waals surface area (Å²) >= 11 is 0. The Morgan fingerprint density at radius 1 is 1.09 bits per heavy atom. The number of rotatable bonds is 7. The fourth-order valence-corrected chi connectivity index (χ4v) is 3.14. The van der Waals surface area contributed by atoms with Gasteiger partial charge in [0.1, 0.15) is 0 Å². The summed E-state index contributed by atoms with van der Waals surface area (Å²) in [6, 6.07) is 13.4. The van der Waals surface area contributed by atoms with Gasteiger partial charge in [-0.3, -0.25) is 4.79 Å². The van der Waals surface area contributed by atoms with E-state index in [0.717, 1.165) is 11.1 Å². The molecule has 0 aliphatic rings. The molecule has 0 saturated heterocycles. The van der Waals surface area contributed by atoms with Crippen molar-refractivity contribution in [3.05, 3.63) is 65.2 Å². The van der Waals surface area contributed by atoms with E-state index in [1.807, 2.05) is 24.3 Å². The summed E-state index contributed by atoms with van der Waals surface area (Å²) in [5, 5.41) is 0. The summed E-state index contributed by atoms with van der Waals surface area (Å²) in [7, 11) is -2.01. The predicted octanol–water partition coefficient (Wildman–Crippen LogP) is 2.51. The lowest BCUT2D eigenvalue weighted by Crippen LogP contribution is -2.23. The van der Waals surface area contributed by atoms with Gasteiger partial charge in [0.15, 0.2) is 5.78 Å². The van der Waals surface area contributed by atoms with Crippen LogP contribution in [-0.2, 0) is 27.9 Å². The Kier molecular flexibility index (Phi) is 5.65. The number of sulfonamides is 1. The molecule has 0 bridgehead atoms. The second-order valence-electron chi connectivity index (χ2n) is 5.16. The van der Waals surface area contributed by atoms with Gasteiger partial charge < -0.3 is 4.74 Å². The summed E-state index contributed by atoms with van der Waals surface area (Å²) in [5.74, 6) is -0.100. The maximum atomic E-state index is 12.3. The van der Waals surface area contributed by atoms with Gasteiger partial charge in [0.25, 0.3) is 0 Å². The molecule has 0 saturated carbocycles. The molecule has 0 aliphatic carbocycles. The molecule has 0 aliphatic heterocycles. The Morgan fingerprint density at radius 2 is 1.74 bits per heavy atom. The first-order chi connectivity index (χ1) is 10.9. The quantitative estimate of drug-likeness (QED) is 0.790. The van der Waals surface area contributed by atoms with Gasteiger partial charge >= 0.3 is 0 Å². The van der Waals surface area contributed by atoms with E-state index < -0.39 is 10.0 Å². The van der Waals surface area contributed by atoms with E-state index in [-0.39, 0.29) is 17.2 Å². The van der Waals surface area contributed by atoms with Gasteiger partial charge in [-0.2, -0.15) is 0 Å². The van der Waals surface area contributed by atoms with Crippen LogP contribution in [0.4, 0.5) is 0 Å². The Labute approximate surface area is 136 Å². The average molecular weight is 333 g/mol. The molecule has 6 heteroatoms. The van der Waals surface area contributed by atoms with Crippen molar-refractivity contribution in [2.24, 2.45) is 0 Å². The second-order valence-corrected chi connectivity index (χ2v) is 6.93. The highest BCUT2D eigenvalue weighted by atomic mass is 32.2. The minimum Gasteiger partial charge on any atom is -0.380 e. The average Bonchev–Trinajstić information content (AvgIpc) is 2.54. The minimum atomic E-state index is -3.62. The monoisotopic (exact) mass is 333 g/mol. The fraction of sp³-hybridized carbons (Fsp3) is 0.235. The van der Waals surface area contributed by atoms with Gasteiger partial charge in [-0.15, -0.1) is 0 Å². The van der Waals surface area contributed by atoms with Crippen LogP contribution >= 0.6 is 0 Å². The van der Waals surface area contributed by atoms with Gasteiger partial charge in [0.2, 0.25) is 10.0 Å². The fourth-order valence-electron chi connectivity index (χ4n) is 2.13. The molecule has 23 heavy (non-hydrogen) atoms. The number of benzene rings is 2. The van der Waals surface area contributed by atoms with Crippen LogP contribution < -0.4 is 4.72 Å². The standard InChI is InChI=1S/C17H19NO4S/c1-13(19)16-6-8-17(9-7-16)23(20,21)18-11-14-4-3-5-15(10-14)12-22-2/h3-10,18H,11-12H2,1-2H3. The first-order valence-electron chi connectivity index (χ1n) is 7.10. The van der Waals surface area contributed by atoms with Crippen LogP contribution in [0, 0.1) is 0 Å². The number of hydrogen-bond donors (Lipinski definition) is 1. The number of methoxy groups -OCH3 is 1. The molecule has 122 valence electrons. The zero-order valence-corrected chi connectivity index (χ0v) is 13.9. The maximum Gasteiger partial charge on any atom is 0.240 e. The first kappa shape index (κ1) is 17.3. The van der Waals surface area contributed by atoms with Crippen LogP contribution in [0.1, 0.15) is 28.4 Å². The molecule has 1 N–H and O–H groups in total. The van der Waals surface area contributed by atoms with Crippen molar-refractivity contribution in [2.45, 2.75) is 25.0 Å². The summed E-state index contributed by atoms with van der Waals surface area (Å²) in [6.45, 7) is 2.11. The highest BCUT2D eigenvalue weighted by molar-refractivity contribution is 7.89. The van der Waals surface area contributed by atoms with Gasteiger partial charge in [0.05, 0.1) is 11.5 Å². The van der Waals surface area contributed by atoms with Crippen molar-refractivity contribution in [2.75, 3.05) is 7.11 Å². The molecule has 2 rings (SSSR count). The Morgan fingerprint density at radius 3 is 2.35 bits per heavy atom. The normalized spacial score (nSPS) is 11.4. The third-order valence-corrected chi connectivity index (χ3v) is 4.76. The molecule has 0 radical (unpaired) electrons. The molecule has 0 aromatic heterocycles. The van der Waals surface area contributed by atoms with Gasteiger partial charge in [-0.1, -0.05) is 36.4 Å². The van der Waals surface area contributed by atoms with Crippen LogP contribution in [0.5, 0.6) is 0 Å². The van der Waals surface area contributed by atoms with Crippen LogP contribution in [0.15, 0.2) is 53.4 Å². The molecule has 5 nitrogen and oxygen atoms in total. The van der Waals surface area contributed by atoms with Gasteiger partial charge in [0, 0.05) is 19.2 Å². The Bertz CT molecular complexity index is 782. The first-order valence-corrected chi connectivity index (χ1v) is 8.58. The molecule has 0 fully saturated rings. The van der Waals surface area contributed by atoms with Crippen molar-refractivity contribution >= 4 is 15.8 Å². The van der Waals surface area contributed by atoms with Crippen molar-refractivity contribution in [1.82, 2.24) is 4.72 Å². The van der Waals surface area contributed by atoms with E-state index in [9.17, 15) is 13.2 Å². The molecule has 0 spiro atoms. The highest BCUT2D eigenvalue weighted by Crippen LogP contribution is 2.12. The topological polar surface area (TPSA) is 72.5 Å². The SMILES string of the molecule is COCc1cccc(CNS(=O)(=O)c2ccc(C(C)=O)cc2)c1. The molecule has 2 aromatic rings. The van der Waals surface area contributed by atoms with E-state index in [2.05, 4.69) is 4.72 Å². The van der Waals surface area contributed by atoms with Crippen molar-refractivity contribution < 1.29 is 17.9 Å². The minimum absolute atomic E-state index is 0.100. The number of hydrogen-bond acceptors (Lipinski definition) is 4. The third-order valence-electron chi connectivity index (χ3n) is 3.34. The van der Waals surface area contributed by atoms with Gasteiger partial charge in [-0.05, 0) is 30.2 Å². The highest BCUT2D eigenvalue weighted by Gasteiger charge is 2.14. The van der Waals surface area contributed by atoms with E-state index in [4.69, 9.17) is 4.74 Å². The third kappa shape index (κ3) is 4.72. The van der Waals surface area contributed by atoms with Gasteiger partial charge in [-0.25, -0.2) is 13.1 Å². The van der Waals surface area contributed by atoms with Crippen LogP contribution in [0.3, 0.4) is 0 Å². The number of nitrogens with one attached hydrogen (secondary N) is 1. The van der Waals surface area contributed by atoms with E-state index >= 15 is 0 Å². The Hall–Kier alpha value is -2.02. The van der Waals surface area contributed by atoms with Crippen LogP contribution in [0.2, 0.25) is 0 Å². The van der Waals surface area contributed by atoms with E-state index in [1.165, 1.54) is 31.2 Å². The molecule has 0 atom stereocenters. The predicted molar refractivity (Wildman–Crippen MR) is 87.6 cm³/mol. The van der Waals surface area contributed by atoms with E-state index in [1.54, 1.807) is 7.11 Å². The smallest absolute Gasteiger partial charge is 0.240 e. The lowest BCUT2D eigenvalue weighted by Gasteiger charge is -2.08. The molecular formula is C17H19NO4S. The zero-order valence-electron chi connectivity index (χ0n) is 13.1. The second kappa shape index (κ2) is 7.50. The largest absolute Gasteiger partial charge is 0.380 e. The number of carbonyl (C=O) groups is 1. The molecular weight excluding hydrogens is 314 g/mol. The summed E-state index contributed by atoms with van der Waals surface area (Å²) in [4.78, 5) is 11.4. The summed E-state index contributed by atoms with van der Waals surface area (Å²) in [5.41, 5.74) is 2.31. The number of carbonyl (C=O) groups excluding carboxylic acids is 1. The molecule has 2 aromatic carbocycles. The van der Waals surface area contributed by atoms with Crippen LogP contribution in [-0.4, -0.2) is 21.3 Å². The number of Topliss-reactive ketones (excluding diaryl/α,β-unsaturated/α-hetero) is 1.